The summed E-state index contributed by atoms with van der Waals surface area (Å²) in [5.41, 5.74) is 14.5. The van der Waals surface area contributed by atoms with Crippen molar-refractivity contribution in [3.63, 3.8) is 0 Å². The molecule has 27 heavy (non-hydrogen) atoms. The number of rotatable bonds is 9. The number of carbonyl (C=O) groups excluding carboxylic acids is 1. The van der Waals surface area contributed by atoms with E-state index >= 15 is 0 Å². The van der Waals surface area contributed by atoms with E-state index < -0.39 is 0 Å². The monoisotopic (exact) mass is 366 g/mol. The van der Waals surface area contributed by atoms with Crippen LogP contribution in [0.4, 0.5) is 0 Å². The first-order chi connectivity index (χ1) is 12.9. The second kappa shape index (κ2) is 9.52. The number of aryl methyl sites for hydroxylation is 1. The molecule has 0 aromatic heterocycles. The van der Waals surface area contributed by atoms with Crippen LogP contribution in [-0.2, 0) is 16.0 Å². The van der Waals surface area contributed by atoms with Crippen molar-refractivity contribution in [1.29, 1.82) is 10.8 Å². The molecule has 0 bridgehead atoms. The summed E-state index contributed by atoms with van der Waals surface area (Å²) < 4.78 is 5.12. The summed E-state index contributed by atoms with van der Waals surface area (Å²) in [6, 6.07) is 15.0. The zero-order valence-corrected chi connectivity index (χ0v) is 15.5. The van der Waals surface area contributed by atoms with Gasteiger partial charge in [0.1, 0.15) is 11.7 Å². The van der Waals surface area contributed by atoms with Crippen LogP contribution >= 0.6 is 0 Å². The van der Waals surface area contributed by atoms with Gasteiger partial charge in [-0.3, -0.25) is 15.6 Å². The summed E-state index contributed by atoms with van der Waals surface area (Å²) in [6.45, 7) is 2.16. The molecule has 0 aliphatic carbocycles. The largest absolute Gasteiger partial charge is 0.466 e. The van der Waals surface area contributed by atoms with Gasteiger partial charge in [0.05, 0.1) is 13.0 Å². The summed E-state index contributed by atoms with van der Waals surface area (Å²) >= 11 is 0. The van der Waals surface area contributed by atoms with Gasteiger partial charge < -0.3 is 16.2 Å². The van der Waals surface area contributed by atoms with Crippen molar-refractivity contribution < 1.29 is 9.53 Å². The minimum Gasteiger partial charge on any atom is -0.466 e. The van der Waals surface area contributed by atoms with Crippen LogP contribution in [0.5, 0.6) is 0 Å². The summed E-state index contributed by atoms with van der Waals surface area (Å²) in [5.74, 6) is -0.135. The van der Waals surface area contributed by atoms with E-state index in [0.29, 0.717) is 24.2 Å². The van der Waals surface area contributed by atoms with Gasteiger partial charge in [0.15, 0.2) is 0 Å². The van der Waals surface area contributed by atoms with Crippen molar-refractivity contribution in [2.24, 2.45) is 11.5 Å². The Bertz CT molecular complexity index is 798. The van der Waals surface area contributed by atoms with Crippen molar-refractivity contribution in [1.82, 2.24) is 0 Å². The highest BCUT2D eigenvalue weighted by Crippen LogP contribution is 2.26. The molecule has 2 rings (SSSR count). The third-order valence-corrected chi connectivity index (χ3v) is 4.46. The van der Waals surface area contributed by atoms with E-state index in [9.17, 15) is 4.79 Å². The number of nitrogens with one attached hydrogen (secondary N) is 2. The van der Waals surface area contributed by atoms with Crippen LogP contribution in [0.3, 0.4) is 0 Å². The molecule has 0 aliphatic heterocycles. The highest BCUT2D eigenvalue weighted by atomic mass is 16.5. The maximum Gasteiger partial charge on any atom is 0.306 e. The SMILES string of the molecule is CCOC(=O)C[C@@H](CCc1ccc(C(=N)N)cc1)c1ccc(C(=N)N)cc1. The predicted octanol–water partition coefficient (Wildman–Crippen LogP) is 2.92. The minimum atomic E-state index is -0.218. The second-order valence-corrected chi connectivity index (χ2v) is 6.39. The zero-order chi connectivity index (χ0) is 19.8. The van der Waals surface area contributed by atoms with Gasteiger partial charge in [-0.05, 0) is 36.8 Å². The molecule has 0 amide bonds. The van der Waals surface area contributed by atoms with Gasteiger partial charge >= 0.3 is 5.97 Å². The van der Waals surface area contributed by atoms with E-state index in [4.69, 9.17) is 27.0 Å². The number of nitrogen functional groups attached to an aromatic ring is 2. The molecule has 6 N–H and O–H groups in total. The lowest BCUT2D eigenvalue weighted by Crippen LogP contribution is -2.13. The molecule has 1 atom stereocenters. The molecule has 6 heteroatoms. The maximum absolute atomic E-state index is 12.0. The van der Waals surface area contributed by atoms with Crippen molar-refractivity contribution >= 4 is 17.6 Å². The number of hydrogen-bond donors (Lipinski definition) is 4. The second-order valence-electron chi connectivity index (χ2n) is 6.39. The molecule has 0 aliphatic rings. The fourth-order valence-electron chi connectivity index (χ4n) is 2.93. The number of nitrogens with two attached hydrogens (primary N) is 2. The molecule has 142 valence electrons. The fraction of sp³-hybridized carbons (Fsp3) is 0.286. The van der Waals surface area contributed by atoms with E-state index in [2.05, 4.69) is 0 Å². The van der Waals surface area contributed by atoms with Crippen molar-refractivity contribution in [2.45, 2.75) is 32.1 Å². The molecule has 0 fully saturated rings. The Labute approximate surface area is 159 Å². The molecule has 0 saturated heterocycles. The maximum atomic E-state index is 12.0. The van der Waals surface area contributed by atoms with Gasteiger partial charge in [0.25, 0.3) is 0 Å². The highest BCUT2D eigenvalue weighted by Gasteiger charge is 2.17. The molecular weight excluding hydrogens is 340 g/mol. The number of carbonyl (C=O) groups is 1. The van der Waals surface area contributed by atoms with Gasteiger partial charge in [-0.15, -0.1) is 0 Å². The van der Waals surface area contributed by atoms with Gasteiger partial charge in [-0.2, -0.15) is 0 Å². The molecule has 2 aromatic carbocycles. The van der Waals surface area contributed by atoms with Crippen LogP contribution in [-0.4, -0.2) is 24.2 Å². The van der Waals surface area contributed by atoms with Gasteiger partial charge in [-0.25, -0.2) is 0 Å². The summed E-state index contributed by atoms with van der Waals surface area (Å²) in [7, 11) is 0. The van der Waals surface area contributed by atoms with Gasteiger partial charge in [0, 0.05) is 11.1 Å². The molecule has 0 saturated carbocycles. The molecule has 0 unspecified atom stereocenters. The van der Waals surface area contributed by atoms with Crippen LogP contribution in [0.25, 0.3) is 0 Å². The Morgan fingerprint density at radius 2 is 1.48 bits per heavy atom. The van der Waals surface area contributed by atoms with Crippen LogP contribution in [0.2, 0.25) is 0 Å². The molecular formula is C21H26N4O2. The lowest BCUT2D eigenvalue weighted by atomic mass is 9.89. The van der Waals surface area contributed by atoms with E-state index in [1.807, 2.05) is 36.4 Å². The molecule has 2 aromatic rings. The van der Waals surface area contributed by atoms with Crippen molar-refractivity contribution in [3.8, 4) is 0 Å². The van der Waals surface area contributed by atoms with Crippen molar-refractivity contribution in [3.05, 3.63) is 70.8 Å². The molecule has 0 heterocycles. The number of esters is 1. The predicted molar refractivity (Wildman–Crippen MR) is 107 cm³/mol. The van der Waals surface area contributed by atoms with E-state index in [1.54, 1.807) is 19.1 Å². The van der Waals surface area contributed by atoms with Crippen LogP contribution in [0.15, 0.2) is 48.5 Å². The smallest absolute Gasteiger partial charge is 0.306 e. The standard InChI is InChI=1S/C21H26N4O2/c1-2-27-19(26)13-18(15-9-11-17(12-10-15)21(24)25)8-5-14-3-6-16(7-4-14)20(22)23/h3-4,6-7,9-12,18H,2,5,8,13H2,1H3,(H3,22,23)(H3,24,25)/t18-/m1/s1. The third-order valence-electron chi connectivity index (χ3n) is 4.46. The fourth-order valence-corrected chi connectivity index (χ4v) is 2.93. The number of benzene rings is 2. The van der Waals surface area contributed by atoms with Crippen LogP contribution in [0, 0.1) is 10.8 Å². The summed E-state index contributed by atoms with van der Waals surface area (Å²) in [6.07, 6.45) is 1.87. The lowest BCUT2D eigenvalue weighted by molar-refractivity contribution is -0.143. The first kappa shape index (κ1) is 20.2. The molecule has 0 spiro atoms. The molecule has 6 nitrogen and oxygen atoms in total. The summed E-state index contributed by atoms with van der Waals surface area (Å²) in [5, 5.41) is 15.0. The number of ether oxygens (including phenoxy) is 1. The topological polar surface area (TPSA) is 126 Å². The van der Waals surface area contributed by atoms with Crippen molar-refractivity contribution in [2.75, 3.05) is 6.61 Å². The minimum absolute atomic E-state index is 0.0116. The van der Waals surface area contributed by atoms with Crippen LogP contribution < -0.4 is 11.5 Å². The Morgan fingerprint density at radius 3 is 1.96 bits per heavy atom. The average molecular weight is 366 g/mol. The Kier molecular flexibility index (Phi) is 7.11. The first-order valence-electron chi connectivity index (χ1n) is 8.94. The number of amidine groups is 2. The highest BCUT2D eigenvalue weighted by molar-refractivity contribution is 5.95. The Hall–Kier alpha value is -3.15. The average Bonchev–Trinajstić information content (AvgIpc) is 2.65. The Morgan fingerprint density at radius 1 is 0.963 bits per heavy atom. The zero-order valence-electron chi connectivity index (χ0n) is 15.5. The summed E-state index contributed by atoms with van der Waals surface area (Å²) in [4.78, 5) is 12.0. The van der Waals surface area contributed by atoms with E-state index in [1.165, 1.54) is 0 Å². The normalized spacial score (nSPS) is 11.6. The van der Waals surface area contributed by atoms with E-state index in [-0.39, 0.29) is 23.6 Å². The molecule has 0 radical (unpaired) electrons. The number of hydrogen-bond acceptors (Lipinski definition) is 4. The lowest BCUT2D eigenvalue weighted by Gasteiger charge is -2.17. The van der Waals surface area contributed by atoms with E-state index in [0.717, 1.165) is 24.0 Å². The van der Waals surface area contributed by atoms with Gasteiger partial charge in [-0.1, -0.05) is 48.5 Å². The quantitative estimate of drug-likeness (QED) is 0.309. The Balaban J connectivity index is 2.12. The van der Waals surface area contributed by atoms with Gasteiger partial charge in [0.2, 0.25) is 0 Å². The van der Waals surface area contributed by atoms with Crippen LogP contribution in [0.1, 0.15) is 47.9 Å². The first-order valence-corrected chi connectivity index (χ1v) is 8.94. The third kappa shape index (κ3) is 5.95.